The lowest BCUT2D eigenvalue weighted by atomic mass is 9.70. The van der Waals surface area contributed by atoms with Crippen molar-refractivity contribution in [2.24, 2.45) is 23.5 Å². The minimum Gasteiger partial charge on any atom is -0.329 e. The summed E-state index contributed by atoms with van der Waals surface area (Å²) in [6.07, 6.45) is 6.94. The smallest absolute Gasteiger partial charge is 0.0335 e. The van der Waals surface area contributed by atoms with Gasteiger partial charge in [0.2, 0.25) is 0 Å². The summed E-state index contributed by atoms with van der Waals surface area (Å²) in [5.41, 5.74) is 6.56. The van der Waals surface area contributed by atoms with Gasteiger partial charge in [0.1, 0.15) is 0 Å². The fourth-order valence-corrected chi connectivity index (χ4v) is 4.36. The third-order valence-corrected chi connectivity index (χ3v) is 6.37. The van der Waals surface area contributed by atoms with E-state index in [1.165, 1.54) is 64.8 Å². The molecule has 3 fully saturated rings. The average Bonchev–Trinajstić information content (AvgIpc) is 3.27. The highest BCUT2D eigenvalue weighted by Gasteiger charge is 2.42. The van der Waals surface area contributed by atoms with E-state index in [4.69, 9.17) is 5.73 Å². The Morgan fingerprint density at radius 1 is 1.00 bits per heavy atom. The summed E-state index contributed by atoms with van der Waals surface area (Å²) in [5.74, 6) is 2.74. The molecule has 3 aliphatic rings. The first-order valence-corrected chi connectivity index (χ1v) is 8.80. The molecule has 116 valence electrons. The second-order valence-electron chi connectivity index (χ2n) is 7.86. The molecule has 3 atom stereocenters. The van der Waals surface area contributed by atoms with Crippen molar-refractivity contribution in [3.8, 4) is 0 Å². The van der Waals surface area contributed by atoms with Gasteiger partial charge in [0.25, 0.3) is 0 Å². The standard InChI is InChI=1S/C17H33N3/c1-14-5-6-17(13-18,11-15(14)2)20-9-7-19(8-10-20)12-16-3-4-16/h14-16H,3-13,18H2,1-2H3. The van der Waals surface area contributed by atoms with E-state index < -0.39 is 0 Å². The molecule has 20 heavy (non-hydrogen) atoms. The summed E-state index contributed by atoms with van der Waals surface area (Å²) < 4.78 is 0. The van der Waals surface area contributed by atoms with Gasteiger partial charge < -0.3 is 10.6 Å². The van der Waals surface area contributed by atoms with E-state index in [2.05, 4.69) is 23.6 Å². The van der Waals surface area contributed by atoms with Crippen molar-refractivity contribution in [2.75, 3.05) is 39.3 Å². The molecule has 1 aliphatic heterocycles. The van der Waals surface area contributed by atoms with Gasteiger partial charge >= 0.3 is 0 Å². The number of rotatable bonds is 4. The Morgan fingerprint density at radius 3 is 2.25 bits per heavy atom. The molecule has 1 saturated heterocycles. The predicted octanol–water partition coefficient (Wildman–Crippen LogP) is 2.17. The first kappa shape index (κ1) is 14.8. The highest BCUT2D eigenvalue weighted by atomic mass is 15.3. The molecule has 3 rings (SSSR count). The van der Waals surface area contributed by atoms with Crippen LogP contribution in [0.25, 0.3) is 0 Å². The lowest BCUT2D eigenvalue weighted by Crippen LogP contribution is -2.62. The molecule has 0 aromatic carbocycles. The highest BCUT2D eigenvalue weighted by molar-refractivity contribution is 4.99. The first-order chi connectivity index (χ1) is 9.63. The van der Waals surface area contributed by atoms with Crippen LogP contribution in [-0.4, -0.2) is 54.6 Å². The molecule has 2 saturated carbocycles. The molecule has 0 aromatic heterocycles. The minimum atomic E-state index is 0.317. The number of nitrogens with zero attached hydrogens (tertiary/aromatic N) is 2. The van der Waals surface area contributed by atoms with Crippen molar-refractivity contribution in [3.05, 3.63) is 0 Å². The molecule has 0 amide bonds. The van der Waals surface area contributed by atoms with Crippen molar-refractivity contribution in [3.63, 3.8) is 0 Å². The lowest BCUT2D eigenvalue weighted by molar-refractivity contribution is -0.0115. The van der Waals surface area contributed by atoms with Crippen molar-refractivity contribution >= 4 is 0 Å². The fourth-order valence-electron chi connectivity index (χ4n) is 4.36. The number of piperazine rings is 1. The van der Waals surface area contributed by atoms with Gasteiger partial charge in [-0.2, -0.15) is 0 Å². The van der Waals surface area contributed by atoms with Crippen molar-refractivity contribution in [2.45, 2.75) is 51.5 Å². The topological polar surface area (TPSA) is 32.5 Å². The Hall–Kier alpha value is -0.120. The molecule has 0 bridgehead atoms. The third kappa shape index (κ3) is 3.05. The van der Waals surface area contributed by atoms with Gasteiger partial charge in [-0.15, -0.1) is 0 Å². The third-order valence-electron chi connectivity index (χ3n) is 6.37. The van der Waals surface area contributed by atoms with Gasteiger partial charge in [-0.3, -0.25) is 4.90 Å². The highest BCUT2D eigenvalue weighted by Crippen LogP contribution is 2.40. The number of nitrogens with two attached hydrogens (primary N) is 1. The quantitative estimate of drug-likeness (QED) is 0.856. The zero-order valence-electron chi connectivity index (χ0n) is 13.5. The van der Waals surface area contributed by atoms with E-state index in [-0.39, 0.29) is 0 Å². The summed E-state index contributed by atoms with van der Waals surface area (Å²) in [5, 5.41) is 0. The zero-order valence-corrected chi connectivity index (χ0v) is 13.5. The van der Waals surface area contributed by atoms with Crippen LogP contribution in [0, 0.1) is 17.8 Å². The largest absolute Gasteiger partial charge is 0.329 e. The zero-order chi connectivity index (χ0) is 14.2. The normalized spacial score (nSPS) is 41.0. The van der Waals surface area contributed by atoms with Crippen LogP contribution in [0.2, 0.25) is 0 Å². The molecule has 3 heteroatoms. The van der Waals surface area contributed by atoms with E-state index in [0.717, 1.165) is 24.3 Å². The first-order valence-electron chi connectivity index (χ1n) is 8.80. The van der Waals surface area contributed by atoms with Crippen LogP contribution in [0.5, 0.6) is 0 Å². The van der Waals surface area contributed by atoms with Crippen molar-refractivity contribution in [1.82, 2.24) is 9.80 Å². The molecule has 2 N–H and O–H groups in total. The molecule has 3 nitrogen and oxygen atoms in total. The monoisotopic (exact) mass is 279 g/mol. The van der Waals surface area contributed by atoms with Crippen LogP contribution >= 0.6 is 0 Å². The van der Waals surface area contributed by atoms with Gasteiger partial charge in [-0.1, -0.05) is 13.8 Å². The number of hydrogen-bond acceptors (Lipinski definition) is 3. The second-order valence-corrected chi connectivity index (χ2v) is 7.86. The van der Waals surface area contributed by atoms with E-state index in [1.54, 1.807) is 0 Å². The van der Waals surface area contributed by atoms with Gasteiger partial charge in [0.15, 0.2) is 0 Å². The second kappa shape index (κ2) is 5.94. The van der Waals surface area contributed by atoms with Gasteiger partial charge in [0.05, 0.1) is 0 Å². The van der Waals surface area contributed by atoms with Crippen LogP contribution in [0.1, 0.15) is 46.0 Å². The molecule has 1 heterocycles. The van der Waals surface area contributed by atoms with Crippen LogP contribution in [0.3, 0.4) is 0 Å². The van der Waals surface area contributed by atoms with Crippen molar-refractivity contribution < 1.29 is 0 Å². The van der Waals surface area contributed by atoms with Gasteiger partial charge in [0, 0.05) is 44.8 Å². The fraction of sp³-hybridized carbons (Fsp3) is 1.00. The van der Waals surface area contributed by atoms with Crippen LogP contribution in [-0.2, 0) is 0 Å². The Bertz CT molecular complexity index is 320. The van der Waals surface area contributed by atoms with Gasteiger partial charge in [-0.25, -0.2) is 0 Å². The molecule has 0 spiro atoms. The van der Waals surface area contributed by atoms with E-state index in [0.29, 0.717) is 5.54 Å². The predicted molar refractivity (Wildman–Crippen MR) is 84.7 cm³/mol. The molecular weight excluding hydrogens is 246 g/mol. The van der Waals surface area contributed by atoms with E-state index in [1.807, 2.05) is 0 Å². The molecule has 2 aliphatic carbocycles. The molecular formula is C17H33N3. The van der Waals surface area contributed by atoms with E-state index in [9.17, 15) is 0 Å². The van der Waals surface area contributed by atoms with Crippen molar-refractivity contribution in [1.29, 1.82) is 0 Å². The minimum absolute atomic E-state index is 0.317. The number of hydrogen-bond donors (Lipinski definition) is 1. The van der Waals surface area contributed by atoms with E-state index >= 15 is 0 Å². The maximum atomic E-state index is 6.25. The molecule has 0 aromatic rings. The average molecular weight is 279 g/mol. The summed E-state index contributed by atoms with van der Waals surface area (Å²) >= 11 is 0. The SMILES string of the molecule is CC1CCC(CN)(N2CCN(CC3CC3)CC2)CC1C. The van der Waals surface area contributed by atoms with Crippen LogP contribution < -0.4 is 5.73 Å². The molecule has 3 unspecified atom stereocenters. The Balaban J connectivity index is 1.56. The maximum absolute atomic E-state index is 6.25. The maximum Gasteiger partial charge on any atom is 0.0335 e. The Morgan fingerprint density at radius 2 is 1.70 bits per heavy atom. The van der Waals surface area contributed by atoms with Crippen LogP contribution in [0.15, 0.2) is 0 Å². The lowest BCUT2D eigenvalue weighted by Gasteiger charge is -2.52. The Labute approximate surface area is 124 Å². The summed E-state index contributed by atoms with van der Waals surface area (Å²) in [7, 11) is 0. The van der Waals surface area contributed by atoms with Gasteiger partial charge in [-0.05, 0) is 49.9 Å². The molecule has 0 radical (unpaired) electrons. The summed E-state index contributed by atoms with van der Waals surface area (Å²) in [6, 6.07) is 0. The summed E-state index contributed by atoms with van der Waals surface area (Å²) in [6.45, 7) is 12.1. The van der Waals surface area contributed by atoms with Crippen LogP contribution in [0.4, 0.5) is 0 Å². The Kier molecular flexibility index (Phi) is 4.40. The summed E-state index contributed by atoms with van der Waals surface area (Å²) in [4.78, 5) is 5.44.